The highest BCUT2D eigenvalue weighted by molar-refractivity contribution is 7.07. The SMILES string of the molecule is CCOC(=O)C1=C(C)N=c2s/c(=C/c3ccc(-c4ccc([N+](=O)[O-])cc4)o3)c(=O)n2[C@@H]1c1ccc(OC(C)C)c(OC)c1. The van der Waals surface area contributed by atoms with Gasteiger partial charge < -0.3 is 18.6 Å². The summed E-state index contributed by atoms with van der Waals surface area (Å²) < 4.78 is 24.6. The molecule has 2 aromatic carbocycles. The van der Waals surface area contributed by atoms with E-state index in [0.717, 1.165) is 0 Å². The second-order valence-electron chi connectivity index (χ2n) is 9.89. The number of hydrogen-bond acceptors (Lipinski definition) is 10. The van der Waals surface area contributed by atoms with E-state index in [1.165, 1.54) is 35.1 Å². The lowest BCUT2D eigenvalue weighted by Gasteiger charge is -2.25. The van der Waals surface area contributed by atoms with E-state index in [1.54, 1.807) is 62.4 Å². The highest BCUT2D eigenvalue weighted by Crippen LogP contribution is 2.36. The minimum Gasteiger partial charge on any atom is -0.493 e. The van der Waals surface area contributed by atoms with Gasteiger partial charge in [-0.15, -0.1) is 0 Å². The van der Waals surface area contributed by atoms with E-state index in [2.05, 4.69) is 4.99 Å². The van der Waals surface area contributed by atoms with Crippen molar-refractivity contribution < 1.29 is 28.3 Å². The first-order valence-electron chi connectivity index (χ1n) is 13.5. The second kappa shape index (κ2) is 12.1. The molecular weight excluding hydrogens is 574 g/mol. The van der Waals surface area contributed by atoms with Crippen molar-refractivity contribution in [2.45, 2.75) is 39.8 Å². The number of rotatable bonds is 9. The largest absolute Gasteiger partial charge is 0.493 e. The van der Waals surface area contributed by atoms with Gasteiger partial charge in [0.25, 0.3) is 11.2 Å². The van der Waals surface area contributed by atoms with Crippen molar-refractivity contribution in [1.29, 1.82) is 0 Å². The van der Waals surface area contributed by atoms with Crippen molar-refractivity contribution in [2.75, 3.05) is 13.7 Å². The van der Waals surface area contributed by atoms with Crippen molar-refractivity contribution in [1.82, 2.24) is 4.57 Å². The summed E-state index contributed by atoms with van der Waals surface area (Å²) >= 11 is 1.17. The third-order valence-electron chi connectivity index (χ3n) is 6.65. The van der Waals surface area contributed by atoms with E-state index in [9.17, 15) is 19.7 Å². The van der Waals surface area contributed by atoms with Crippen LogP contribution in [0.2, 0.25) is 0 Å². The molecule has 1 atom stereocenters. The van der Waals surface area contributed by atoms with Crippen molar-refractivity contribution in [2.24, 2.45) is 4.99 Å². The maximum atomic E-state index is 13.9. The predicted molar refractivity (Wildman–Crippen MR) is 160 cm³/mol. The number of allylic oxidation sites excluding steroid dienone is 1. The smallest absolute Gasteiger partial charge is 0.338 e. The summed E-state index contributed by atoms with van der Waals surface area (Å²) in [5.41, 5.74) is 1.58. The van der Waals surface area contributed by atoms with Crippen LogP contribution in [-0.2, 0) is 9.53 Å². The number of esters is 1. The summed E-state index contributed by atoms with van der Waals surface area (Å²) in [5.74, 6) is 1.33. The highest BCUT2D eigenvalue weighted by atomic mass is 32.1. The van der Waals surface area contributed by atoms with Gasteiger partial charge in [-0.05, 0) is 69.7 Å². The fourth-order valence-corrected chi connectivity index (χ4v) is 5.80. The molecule has 222 valence electrons. The van der Waals surface area contributed by atoms with Crippen LogP contribution in [0.4, 0.5) is 5.69 Å². The number of aromatic nitrogens is 1. The summed E-state index contributed by atoms with van der Waals surface area (Å²) in [4.78, 5) is 42.7. The monoisotopic (exact) mass is 603 g/mol. The number of carbonyl (C=O) groups excluding carboxylic acids is 1. The lowest BCUT2D eigenvalue weighted by atomic mass is 9.95. The molecule has 0 N–H and O–H groups in total. The molecule has 5 rings (SSSR count). The molecule has 43 heavy (non-hydrogen) atoms. The summed E-state index contributed by atoms with van der Waals surface area (Å²) in [6.07, 6.45) is 1.52. The first-order chi connectivity index (χ1) is 20.6. The van der Waals surface area contributed by atoms with E-state index >= 15 is 0 Å². The Morgan fingerprint density at radius 2 is 1.91 bits per heavy atom. The van der Waals surface area contributed by atoms with Crippen molar-refractivity contribution in [3.8, 4) is 22.8 Å². The summed E-state index contributed by atoms with van der Waals surface area (Å²) in [6, 6.07) is 13.9. The van der Waals surface area contributed by atoms with Crippen LogP contribution in [0.15, 0.2) is 80.1 Å². The maximum Gasteiger partial charge on any atom is 0.338 e. The second-order valence-corrected chi connectivity index (χ2v) is 10.9. The molecule has 0 fully saturated rings. The van der Waals surface area contributed by atoms with Gasteiger partial charge in [0.2, 0.25) is 0 Å². The molecule has 0 radical (unpaired) electrons. The molecule has 0 aliphatic carbocycles. The number of benzene rings is 2. The van der Waals surface area contributed by atoms with Gasteiger partial charge in [-0.2, -0.15) is 0 Å². The van der Waals surface area contributed by atoms with E-state index in [0.29, 0.717) is 49.2 Å². The Kier molecular flexibility index (Phi) is 8.31. The number of hydrogen-bond donors (Lipinski definition) is 0. The number of methoxy groups -OCH3 is 1. The number of furan rings is 1. The van der Waals surface area contributed by atoms with Crippen LogP contribution in [0.25, 0.3) is 17.4 Å². The topological polar surface area (TPSA) is 135 Å². The molecule has 11 nitrogen and oxygen atoms in total. The van der Waals surface area contributed by atoms with Crippen LogP contribution >= 0.6 is 11.3 Å². The number of carbonyl (C=O) groups is 1. The molecule has 0 bridgehead atoms. The third-order valence-corrected chi connectivity index (χ3v) is 7.63. The van der Waals surface area contributed by atoms with Crippen LogP contribution in [0, 0.1) is 10.1 Å². The van der Waals surface area contributed by atoms with Crippen molar-refractivity contribution in [3.05, 3.63) is 107 Å². The molecule has 3 heterocycles. The number of non-ortho nitro benzene ring substituents is 1. The van der Waals surface area contributed by atoms with E-state index < -0.39 is 16.9 Å². The molecule has 12 heteroatoms. The number of fused-ring (bicyclic) bond motifs is 1. The number of nitro benzene ring substituents is 1. The van der Waals surface area contributed by atoms with Gasteiger partial charge >= 0.3 is 5.97 Å². The van der Waals surface area contributed by atoms with Gasteiger partial charge in [-0.25, -0.2) is 9.79 Å². The van der Waals surface area contributed by atoms with Gasteiger partial charge in [-0.1, -0.05) is 17.4 Å². The lowest BCUT2D eigenvalue weighted by molar-refractivity contribution is -0.384. The molecule has 0 spiro atoms. The Balaban J connectivity index is 1.61. The number of thiazole rings is 1. The van der Waals surface area contributed by atoms with E-state index in [1.807, 2.05) is 13.8 Å². The van der Waals surface area contributed by atoms with Gasteiger partial charge in [0.05, 0.1) is 46.6 Å². The minimum atomic E-state index is -0.827. The van der Waals surface area contributed by atoms with Crippen molar-refractivity contribution >= 4 is 29.1 Å². The first-order valence-corrected chi connectivity index (χ1v) is 14.3. The van der Waals surface area contributed by atoms with Crippen LogP contribution in [0.3, 0.4) is 0 Å². The lowest BCUT2D eigenvalue weighted by Crippen LogP contribution is -2.40. The van der Waals surface area contributed by atoms with Gasteiger partial charge in [0.1, 0.15) is 11.5 Å². The Hall–Kier alpha value is -4.97. The zero-order valence-electron chi connectivity index (χ0n) is 24.2. The standard InChI is InChI=1S/C31H29N3O8S/c1-6-40-30(36)27-18(4)32-31-33(28(27)20-9-13-24(41-17(2)3)25(15-20)39-5)29(35)26(43-31)16-22-12-14-23(42-22)19-7-10-21(11-8-19)34(37)38/h7-17,28H,6H2,1-5H3/b26-16+/t28-/m1/s1. The van der Waals surface area contributed by atoms with Crippen LogP contribution in [0.1, 0.15) is 45.1 Å². The molecule has 0 unspecified atom stereocenters. The van der Waals surface area contributed by atoms with Crippen LogP contribution < -0.4 is 24.4 Å². The van der Waals surface area contributed by atoms with E-state index in [-0.39, 0.29) is 29.5 Å². The quantitative estimate of drug-likeness (QED) is 0.152. The van der Waals surface area contributed by atoms with E-state index in [4.69, 9.17) is 18.6 Å². The Labute approximate surface area is 250 Å². The summed E-state index contributed by atoms with van der Waals surface area (Å²) in [5, 5.41) is 11.0. The predicted octanol–water partition coefficient (Wildman–Crippen LogP) is 4.76. The molecule has 4 aromatic rings. The Bertz CT molecular complexity index is 1910. The Morgan fingerprint density at radius 1 is 1.16 bits per heavy atom. The third kappa shape index (κ3) is 5.86. The molecule has 2 aromatic heterocycles. The molecular formula is C31H29N3O8S. The first kappa shape index (κ1) is 29.5. The average Bonchev–Trinajstić information content (AvgIpc) is 3.56. The molecule has 0 saturated carbocycles. The average molecular weight is 604 g/mol. The number of ether oxygens (including phenoxy) is 3. The summed E-state index contributed by atoms with van der Waals surface area (Å²) in [6.45, 7) is 7.40. The molecule has 1 aliphatic rings. The van der Waals surface area contributed by atoms with Crippen LogP contribution in [0.5, 0.6) is 11.5 Å². The van der Waals surface area contributed by atoms with Gasteiger partial charge in [0, 0.05) is 23.8 Å². The fraction of sp³-hybridized carbons (Fsp3) is 0.258. The highest BCUT2D eigenvalue weighted by Gasteiger charge is 2.34. The Morgan fingerprint density at radius 3 is 2.56 bits per heavy atom. The van der Waals surface area contributed by atoms with Crippen LogP contribution in [-0.4, -0.2) is 35.3 Å². The zero-order chi connectivity index (χ0) is 30.8. The number of nitro groups is 1. The normalized spacial score (nSPS) is 14.8. The maximum absolute atomic E-state index is 13.9. The number of nitrogens with zero attached hydrogens (tertiary/aromatic N) is 3. The van der Waals surface area contributed by atoms with Gasteiger partial charge in [0.15, 0.2) is 16.3 Å². The molecule has 0 amide bonds. The molecule has 1 aliphatic heterocycles. The summed E-state index contributed by atoms with van der Waals surface area (Å²) in [7, 11) is 1.53. The van der Waals surface area contributed by atoms with Gasteiger partial charge in [-0.3, -0.25) is 19.5 Å². The fourth-order valence-electron chi connectivity index (χ4n) is 4.77. The minimum absolute atomic E-state index is 0.0246. The zero-order valence-corrected chi connectivity index (χ0v) is 25.0. The molecule has 0 saturated heterocycles. The van der Waals surface area contributed by atoms with Crippen molar-refractivity contribution in [3.63, 3.8) is 0 Å².